The lowest BCUT2D eigenvalue weighted by Crippen LogP contribution is -2.06. The van der Waals surface area contributed by atoms with Crippen molar-refractivity contribution >= 4 is 11.6 Å². The highest BCUT2D eigenvalue weighted by atomic mass is 16.1. The Labute approximate surface area is 83.9 Å². The molecule has 1 aromatic rings. The highest BCUT2D eigenvalue weighted by molar-refractivity contribution is 6.07. The number of aryl methyl sites for hydroxylation is 1. The van der Waals surface area contributed by atoms with Crippen LogP contribution in [0, 0.1) is 6.92 Å². The van der Waals surface area contributed by atoms with Gasteiger partial charge in [0.15, 0.2) is 5.78 Å². The van der Waals surface area contributed by atoms with Crippen LogP contribution in [0.1, 0.15) is 35.7 Å². The average molecular weight is 190 g/mol. The second kappa shape index (κ2) is 4.70. The van der Waals surface area contributed by atoms with Crippen molar-refractivity contribution in [3.63, 3.8) is 0 Å². The van der Waals surface area contributed by atoms with Crippen molar-refractivity contribution < 1.29 is 9.59 Å². The van der Waals surface area contributed by atoms with E-state index in [1.807, 2.05) is 25.1 Å². The van der Waals surface area contributed by atoms with Crippen LogP contribution in [0.3, 0.4) is 0 Å². The van der Waals surface area contributed by atoms with E-state index in [-0.39, 0.29) is 18.0 Å². The van der Waals surface area contributed by atoms with Crippen LogP contribution >= 0.6 is 0 Å². The normalized spacial score (nSPS) is 9.86. The summed E-state index contributed by atoms with van der Waals surface area (Å²) in [6.45, 7) is 3.70. The molecule has 0 aliphatic heterocycles. The van der Waals surface area contributed by atoms with E-state index in [1.165, 1.54) is 0 Å². The molecule has 0 aliphatic rings. The molecule has 2 nitrogen and oxygen atoms in total. The summed E-state index contributed by atoms with van der Waals surface area (Å²) in [4.78, 5) is 22.6. The molecule has 0 fully saturated rings. The van der Waals surface area contributed by atoms with Crippen molar-refractivity contribution in [1.29, 1.82) is 0 Å². The van der Waals surface area contributed by atoms with Crippen molar-refractivity contribution in [2.75, 3.05) is 0 Å². The summed E-state index contributed by atoms with van der Waals surface area (Å²) in [5.74, 6) is -0.0861. The van der Waals surface area contributed by atoms with E-state index in [2.05, 4.69) is 0 Å². The lowest BCUT2D eigenvalue weighted by Gasteiger charge is -2.00. The molecule has 0 saturated heterocycles. The highest BCUT2D eigenvalue weighted by Gasteiger charge is 2.09. The van der Waals surface area contributed by atoms with Crippen molar-refractivity contribution in [1.82, 2.24) is 0 Å². The topological polar surface area (TPSA) is 34.1 Å². The summed E-state index contributed by atoms with van der Waals surface area (Å²) in [6, 6.07) is 7.32. The van der Waals surface area contributed by atoms with Crippen LogP contribution in [0.4, 0.5) is 0 Å². The van der Waals surface area contributed by atoms with E-state index >= 15 is 0 Å². The van der Waals surface area contributed by atoms with Gasteiger partial charge in [0.05, 0.1) is 6.42 Å². The van der Waals surface area contributed by atoms with Gasteiger partial charge >= 0.3 is 0 Å². The number of Topliss-reactive ketones (excluding diaryl/α,β-unsaturated/α-hetero) is 2. The van der Waals surface area contributed by atoms with Crippen molar-refractivity contribution in [3.8, 4) is 0 Å². The summed E-state index contributed by atoms with van der Waals surface area (Å²) < 4.78 is 0. The minimum absolute atomic E-state index is 0.00324. The molecule has 0 amide bonds. The maximum absolute atomic E-state index is 11.5. The quantitative estimate of drug-likeness (QED) is 0.540. The van der Waals surface area contributed by atoms with Gasteiger partial charge in [0.25, 0.3) is 0 Å². The maximum atomic E-state index is 11.5. The number of rotatable bonds is 4. The minimum Gasteiger partial charge on any atom is -0.299 e. The molecule has 1 rings (SSSR count). The molecular formula is C12H14O2. The molecule has 0 unspecified atom stereocenters. The molecule has 0 spiro atoms. The zero-order valence-corrected chi connectivity index (χ0v) is 8.54. The van der Waals surface area contributed by atoms with E-state index in [0.717, 1.165) is 5.56 Å². The van der Waals surface area contributed by atoms with Crippen LogP contribution < -0.4 is 0 Å². The minimum atomic E-state index is -0.0828. The summed E-state index contributed by atoms with van der Waals surface area (Å²) in [5, 5.41) is 0. The van der Waals surface area contributed by atoms with Crippen molar-refractivity contribution in [2.24, 2.45) is 0 Å². The van der Waals surface area contributed by atoms with Crippen LogP contribution in [0.15, 0.2) is 24.3 Å². The van der Waals surface area contributed by atoms with Crippen LogP contribution in [0.5, 0.6) is 0 Å². The van der Waals surface area contributed by atoms with Gasteiger partial charge in [-0.2, -0.15) is 0 Å². The predicted molar refractivity (Wildman–Crippen MR) is 55.4 cm³/mol. The number of ketones is 2. The fourth-order valence-electron chi connectivity index (χ4n) is 1.22. The summed E-state index contributed by atoms with van der Waals surface area (Å²) >= 11 is 0. The van der Waals surface area contributed by atoms with Gasteiger partial charge in [-0.05, 0) is 13.0 Å². The van der Waals surface area contributed by atoms with Crippen molar-refractivity contribution in [3.05, 3.63) is 35.4 Å². The Morgan fingerprint density at radius 3 is 2.57 bits per heavy atom. The first-order chi connectivity index (χ1) is 6.63. The summed E-state index contributed by atoms with van der Waals surface area (Å²) in [6.07, 6.45) is 0.456. The number of carbonyl (C=O) groups is 2. The zero-order valence-electron chi connectivity index (χ0n) is 8.54. The Balaban J connectivity index is 2.75. The Hall–Kier alpha value is -1.44. The number of benzene rings is 1. The molecule has 0 radical (unpaired) electrons. The molecule has 0 bridgehead atoms. The molecule has 2 heteroatoms. The lowest BCUT2D eigenvalue weighted by molar-refractivity contribution is -0.117. The van der Waals surface area contributed by atoms with Crippen molar-refractivity contribution in [2.45, 2.75) is 26.7 Å². The van der Waals surface area contributed by atoms with Crippen LogP contribution in [-0.4, -0.2) is 11.6 Å². The first-order valence-corrected chi connectivity index (χ1v) is 4.75. The van der Waals surface area contributed by atoms with Gasteiger partial charge in [0, 0.05) is 12.0 Å². The number of carbonyl (C=O) groups excluding carboxylic acids is 2. The lowest BCUT2D eigenvalue weighted by atomic mass is 10.0. The molecule has 0 aliphatic carbocycles. The van der Waals surface area contributed by atoms with Crippen LogP contribution in [0.25, 0.3) is 0 Å². The third-order valence-corrected chi connectivity index (χ3v) is 2.09. The second-order valence-electron chi connectivity index (χ2n) is 3.36. The Kier molecular flexibility index (Phi) is 3.57. The van der Waals surface area contributed by atoms with E-state index in [1.54, 1.807) is 13.0 Å². The van der Waals surface area contributed by atoms with E-state index in [0.29, 0.717) is 12.0 Å². The van der Waals surface area contributed by atoms with Gasteiger partial charge in [-0.25, -0.2) is 0 Å². The molecular weight excluding hydrogens is 176 g/mol. The molecule has 0 aromatic heterocycles. The van der Waals surface area contributed by atoms with E-state index in [4.69, 9.17) is 0 Å². The van der Waals surface area contributed by atoms with Gasteiger partial charge in [-0.3, -0.25) is 9.59 Å². The fraction of sp³-hybridized carbons (Fsp3) is 0.333. The number of hydrogen-bond donors (Lipinski definition) is 0. The molecule has 74 valence electrons. The van der Waals surface area contributed by atoms with Gasteiger partial charge in [0.1, 0.15) is 5.78 Å². The Morgan fingerprint density at radius 2 is 2.00 bits per heavy atom. The van der Waals surface area contributed by atoms with Gasteiger partial charge in [-0.15, -0.1) is 0 Å². The van der Waals surface area contributed by atoms with Gasteiger partial charge in [-0.1, -0.05) is 30.7 Å². The van der Waals surface area contributed by atoms with E-state index in [9.17, 15) is 9.59 Å². The SMILES string of the molecule is CCC(=O)CC(=O)c1cccc(C)c1. The Morgan fingerprint density at radius 1 is 1.29 bits per heavy atom. The molecule has 0 heterocycles. The second-order valence-corrected chi connectivity index (χ2v) is 3.36. The highest BCUT2D eigenvalue weighted by Crippen LogP contribution is 2.07. The summed E-state index contributed by atoms with van der Waals surface area (Å²) in [7, 11) is 0. The smallest absolute Gasteiger partial charge is 0.170 e. The molecule has 0 saturated carbocycles. The van der Waals surface area contributed by atoms with Gasteiger partial charge in [0.2, 0.25) is 0 Å². The zero-order chi connectivity index (χ0) is 10.6. The molecule has 0 N–H and O–H groups in total. The standard InChI is InChI=1S/C12H14O2/c1-3-11(13)8-12(14)10-6-4-5-9(2)7-10/h4-7H,3,8H2,1-2H3. The number of hydrogen-bond acceptors (Lipinski definition) is 2. The average Bonchev–Trinajstić information content (AvgIpc) is 2.17. The predicted octanol–water partition coefficient (Wildman–Crippen LogP) is 2.55. The molecule has 14 heavy (non-hydrogen) atoms. The van der Waals surface area contributed by atoms with Gasteiger partial charge < -0.3 is 0 Å². The Bertz CT molecular complexity index is 353. The van der Waals surface area contributed by atoms with Crippen LogP contribution in [-0.2, 0) is 4.79 Å². The first kappa shape index (κ1) is 10.6. The molecule has 0 atom stereocenters. The monoisotopic (exact) mass is 190 g/mol. The summed E-state index contributed by atoms with van der Waals surface area (Å²) in [5.41, 5.74) is 1.67. The molecule has 1 aromatic carbocycles. The van der Waals surface area contributed by atoms with Crippen LogP contribution in [0.2, 0.25) is 0 Å². The maximum Gasteiger partial charge on any atom is 0.170 e. The first-order valence-electron chi connectivity index (χ1n) is 4.75. The fourth-order valence-corrected chi connectivity index (χ4v) is 1.22. The third-order valence-electron chi connectivity index (χ3n) is 2.09. The largest absolute Gasteiger partial charge is 0.299 e. The van der Waals surface area contributed by atoms with E-state index < -0.39 is 0 Å². The third kappa shape index (κ3) is 2.80.